The van der Waals surface area contributed by atoms with Crippen molar-refractivity contribution in [1.29, 1.82) is 0 Å². The Hall–Kier alpha value is -0.530. The molecule has 1 aliphatic heterocycles. The van der Waals surface area contributed by atoms with Crippen molar-refractivity contribution in [1.82, 2.24) is 0 Å². The van der Waals surface area contributed by atoms with Gasteiger partial charge in [0, 0.05) is 0 Å². The lowest BCUT2D eigenvalue weighted by atomic mass is 10.2. The number of hydrogen-bond donors (Lipinski definition) is 0. The average molecular weight is 112 g/mol. The van der Waals surface area contributed by atoms with Gasteiger partial charge in [0.25, 0.3) is 6.40 Å². The summed E-state index contributed by atoms with van der Waals surface area (Å²) in [6.07, 6.45) is 4.79. The minimum Gasteiger partial charge on any atom is -0.472 e. The van der Waals surface area contributed by atoms with Crippen LogP contribution in [0.4, 0.5) is 0 Å². The molecule has 0 saturated heterocycles. The van der Waals surface area contributed by atoms with Crippen molar-refractivity contribution < 1.29 is 4.74 Å². The van der Waals surface area contributed by atoms with E-state index in [4.69, 9.17) is 4.74 Å². The third kappa shape index (κ3) is 1.22. The Morgan fingerprint density at radius 2 is 2.75 bits per heavy atom. The van der Waals surface area contributed by atoms with E-state index >= 15 is 0 Å². The van der Waals surface area contributed by atoms with Crippen LogP contribution < -0.4 is 0 Å². The molecular formula is C6H10NO. The van der Waals surface area contributed by atoms with E-state index < -0.39 is 0 Å². The third-order valence-electron chi connectivity index (χ3n) is 1.20. The van der Waals surface area contributed by atoms with Crippen molar-refractivity contribution in [3.63, 3.8) is 0 Å². The van der Waals surface area contributed by atoms with E-state index in [1.807, 2.05) is 0 Å². The van der Waals surface area contributed by atoms with Gasteiger partial charge in [0.05, 0.1) is 6.04 Å². The van der Waals surface area contributed by atoms with E-state index in [9.17, 15) is 0 Å². The minimum absolute atomic E-state index is 0.403. The molecule has 0 spiro atoms. The van der Waals surface area contributed by atoms with Crippen molar-refractivity contribution in [3.05, 3.63) is 0 Å². The highest BCUT2D eigenvalue weighted by molar-refractivity contribution is 5.48. The standard InChI is InChI=1S/C6H10NO/c1-2-3-6-4-8-5-7-6/h6H,2-4H2,1H3. The maximum atomic E-state index is 4.79. The zero-order valence-electron chi connectivity index (χ0n) is 5.05. The van der Waals surface area contributed by atoms with Gasteiger partial charge in [-0.05, 0) is 6.42 Å². The maximum Gasteiger partial charge on any atom is 0.273 e. The fraction of sp³-hybridized carbons (Fsp3) is 0.833. The van der Waals surface area contributed by atoms with Crippen molar-refractivity contribution in [2.45, 2.75) is 25.8 Å². The number of hydrogen-bond acceptors (Lipinski definition) is 2. The average Bonchev–Trinajstić information content (AvgIpc) is 2.19. The molecule has 1 radical (unpaired) electrons. The number of ether oxygens (including phenoxy) is 1. The molecule has 0 aromatic heterocycles. The van der Waals surface area contributed by atoms with Gasteiger partial charge in [0.1, 0.15) is 6.61 Å². The van der Waals surface area contributed by atoms with Gasteiger partial charge in [-0.3, -0.25) is 0 Å². The second-order valence-electron chi connectivity index (χ2n) is 1.97. The van der Waals surface area contributed by atoms with Crippen LogP contribution in [0.1, 0.15) is 19.8 Å². The molecule has 8 heavy (non-hydrogen) atoms. The smallest absolute Gasteiger partial charge is 0.273 e. The molecule has 1 aliphatic rings. The van der Waals surface area contributed by atoms with Crippen LogP contribution in [0.25, 0.3) is 0 Å². The molecule has 1 unspecified atom stereocenters. The fourth-order valence-electron chi connectivity index (χ4n) is 0.764. The van der Waals surface area contributed by atoms with Crippen molar-refractivity contribution in [2.75, 3.05) is 6.61 Å². The number of rotatable bonds is 2. The zero-order chi connectivity index (χ0) is 5.82. The Balaban J connectivity index is 2.16. The van der Waals surface area contributed by atoms with Crippen LogP contribution in [0, 0.1) is 0 Å². The molecule has 1 atom stereocenters. The van der Waals surface area contributed by atoms with Crippen LogP contribution in [-0.4, -0.2) is 19.0 Å². The Bertz CT molecular complexity index is 90.5. The summed E-state index contributed by atoms with van der Waals surface area (Å²) in [5.74, 6) is 0. The van der Waals surface area contributed by atoms with E-state index in [2.05, 4.69) is 18.3 Å². The lowest BCUT2D eigenvalue weighted by molar-refractivity contribution is 0.321. The first-order valence-corrected chi connectivity index (χ1v) is 3.00. The Labute approximate surface area is 49.6 Å². The highest BCUT2D eigenvalue weighted by atomic mass is 16.5. The summed E-state index contributed by atoms with van der Waals surface area (Å²) in [6, 6.07) is 0.403. The van der Waals surface area contributed by atoms with Crippen molar-refractivity contribution in [3.8, 4) is 0 Å². The van der Waals surface area contributed by atoms with Crippen LogP contribution in [0.2, 0.25) is 0 Å². The normalized spacial score (nSPS) is 25.9. The SMILES string of the molecule is CCCC1CO[C]=N1. The number of nitrogens with zero attached hydrogens (tertiary/aromatic N) is 1. The minimum atomic E-state index is 0.403. The van der Waals surface area contributed by atoms with E-state index in [-0.39, 0.29) is 0 Å². The Kier molecular flexibility index (Phi) is 1.89. The molecule has 0 aromatic rings. The summed E-state index contributed by atoms with van der Waals surface area (Å²) < 4.78 is 4.79. The summed E-state index contributed by atoms with van der Waals surface area (Å²) >= 11 is 0. The van der Waals surface area contributed by atoms with E-state index in [0.29, 0.717) is 6.04 Å². The largest absolute Gasteiger partial charge is 0.472 e. The Morgan fingerprint density at radius 3 is 3.25 bits per heavy atom. The molecular weight excluding hydrogens is 102 g/mol. The van der Waals surface area contributed by atoms with Crippen LogP contribution in [0.3, 0.4) is 0 Å². The van der Waals surface area contributed by atoms with Crippen LogP contribution in [0.15, 0.2) is 4.99 Å². The van der Waals surface area contributed by atoms with E-state index in [1.165, 1.54) is 6.42 Å². The van der Waals surface area contributed by atoms with Gasteiger partial charge in [-0.2, -0.15) is 0 Å². The second-order valence-corrected chi connectivity index (χ2v) is 1.97. The topological polar surface area (TPSA) is 21.6 Å². The third-order valence-corrected chi connectivity index (χ3v) is 1.20. The van der Waals surface area contributed by atoms with Crippen molar-refractivity contribution in [2.24, 2.45) is 4.99 Å². The van der Waals surface area contributed by atoms with Crippen molar-refractivity contribution >= 4 is 6.40 Å². The molecule has 0 aromatic carbocycles. The number of aliphatic imine (C=N–C) groups is 1. The lowest BCUT2D eigenvalue weighted by Gasteiger charge is -1.98. The summed E-state index contributed by atoms with van der Waals surface area (Å²) in [5.41, 5.74) is 0. The van der Waals surface area contributed by atoms with E-state index in [0.717, 1.165) is 13.0 Å². The molecule has 2 heteroatoms. The molecule has 1 heterocycles. The summed E-state index contributed by atoms with van der Waals surface area (Å²) in [5, 5.41) is 0. The maximum absolute atomic E-state index is 4.79. The molecule has 0 N–H and O–H groups in total. The van der Waals surface area contributed by atoms with Gasteiger partial charge in [-0.1, -0.05) is 13.3 Å². The van der Waals surface area contributed by atoms with Gasteiger partial charge < -0.3 is 4.74 Å². The van der Waals surface area contributed by atoms with Gasteiger partial charge in [-0.15, -0.1) is 0 Å². The Morgan fingerprint density at radius 1 is 1.88 bits per heavy atom. The molecule has 45 valence electrons. The molecule has 0 saturated carbocycles. The van der Waals surface area contributed by atoms with Gasteiger partial charge in [-0.25, -0.2) is 4.99 Å². The molecule has 0 fully saturated rings. The van der Waals surface area contributed by atoms with Gasteiger partial charge in [0.15, 0.2) is 0 Å². The molecule has 0 bridgehead atoms. The molecule has 0 amide bonds. The first kappa shape index (κ1) is 5.60. The summed E-state index contributed by atoms with van der Waals surface area (Å²) in [4.78, 5) is 3.95. The van der Waals surface area contributed by atoms with Gasteiger partial charge >= 0.3 is 0 Å². The lowest BCUT2D eigenvalue weighted by Crippen LogP contribution is -2.04. The van der Waals surface area contributed by atoms with Crippen LogP contribution >= 0.6 is 0 Å². The highest BCUT2D eigenvalue weighted by Crippen LogP contribution is 2.05. The van der Waals surface area contributed by atoms with Crippen LogP contribution in [-0.2, 0) is 4.74 Å². The molecule has 0 aliphatic carbocycles. The monoisotopic (exact) mass is 112 g/mol. The fourth-order valence-corrected chi connectivity index (χ4v) is 0.764. The predicted octanol–water partition coefficient (Wildman–Crippen LogP) is 1.09. The van der Waals surface area contributed by atoms with E-state index in [1.54, 1.807) is 0 Å². The predicted molar refractivity (Wildman–Crippen MR) is 32.1 cm³/mol. The summed E-state index contributed by atoms with van der Waals surface area (Å²) in [7, 11) is 0. The first-order chi connectivity index (χ1) is 3.93. The second kappa shape index (κ2) is 2.70. The summed E-state index contributed by atoms with van der Waals surface area (Å²) in [6.45, 7) is 2.89. The first-order valence-electron chi connectivity index (χ1n) is 3.00. The highest BCUT2D eigenvalue weighted by Gasteiger charge is 2.09. The molecule has 2 nitrogen and oxygen atoms in total. The van der Waals surface area contributed by atoms with Crippen LogP contribution in [0.5, 0.6) is 0 Å². The quantitative estimate of drug-likeness (QED) is 0.524. The molecule has 1 rings (SSSR count). The van der Waals surface area contributed by atoms with Gasteiger partial charge in [0.2, 0.25) is 0 Å². The zero-order valence-corrected chi connectivity index (χ0v) is 5.05.